The number of benzene rings is 2. The third-order valence-electron chi connectivity index (χ3n) is 4.51. The van der Waals surface area contributed by atoms with Gasteiger partial charge in [0.25, 0.3) is 0 Å². The molecule has 5 nitrogen and oxygen atoms in total. The SMILES string of the molecule is CC(C)(N)CCNc1nc(-c2cnc3ccccc3c2)nc2ccccc12.Cl.Cl. The zero-order valence-corrected chi connectivity index (χ0v) is 18.1. The molecule has 4 aromatic rings. The highest BCUT2D eigenvalue weighted by Gasteiger charge is 2.13. The zero-order valence-electron chi connectivity index (χ0n) is 16.4. The summed E-state index contributed by atoms with van der Waals surface area (Å²) in [5.74, 6) is 1.49. The third kappa shape index (κ3) is 5.32. The van der Waals surface area contributed by atoms with Gasteiger partial charge in [0.15, 0.2) is 5.82 Å². The molecule has 2 heterocycles. The van der Waals surface area contributed by atoms with E-state index in [-0.39, 0.29) is 30.4 Å². The third-order valence-corrected chi connectivity index (χ3v) is 4.51. The fourth-order valence-corrected chi connectivity index (χ4v) is 3.04. The van der Waals surface area contributed by atoms with Crippen molar-refractivity contribution < 1.29 is 0 Å². The summed E-state index contributed by atoms with van der Waals surface area (Å²) in [4.78, 5) is 14.1. The molecule has 0 saturated heterocycles. The van der Waals surface area contributed by atoms with Gasteiger partial charge in [-0.25, -0.2) is 9.97 Å². The highest BCUT2D eigenvalue weighted by Crippen LogP contribution is 2.26. The minimum atomic E-state index is -0.221. The molecule has 4 rings (SSSR count). The molecule has 0 atom stereocenters. The number of hydrogen-bond donors (Lipinski definition) is 2. The number of hydrogen-bond acceptors (Lipinski definition) is 5. The smallest absolute Gasteiger partial charge is 0.163 e. The summed E-state index contributed by atoms with van der Waals surface area (Å²) >= 11 is 0. The molecule has 0 unspecified atom stereocenters. The zero-order chi connectivity index (χ0) is 18.9. The molecule has 0 aliphatic carbocycles. The van der Waals surface area contributed by atoms with E-state index in [9.17, 15) is 0 Å². The standard InChI is InChI=1S/C22H23N5.2ClH/c1-22(2,23)11-12-24-21-17-8-4-6-10-19(17)26-20(27-21)16-13-15-7-3-5-9-18(15)25-14-16;;/h3-10,13-14H,11-12,23H2,1-2H3,(H,24,26,27);2*1H. The van der Waals surface area contributed by atoms with E-state index in [4.69, 9.17) is 15.7 Å². The average molecular weight is 430 g/mol. The first kappa shape index (κ1) is 22.8. The number of halogens is 2. The number of aromatic nitrogens is 3. The molecule has 0 amide bonds. The second-order valence-corrected chi connectivity index (χ2v) is 7.50. The lowest BCUT2D eigenvalue weighted by molar-refractivity contribution is 0.490. The van der Waals surface area contributed by atoms with Crippen molar-refractivity contribution in [3.63, 3.8) is 0 Å². The topological polar surface area (TPSA) is 76.7 Å². The van der Waals surface area contributed by atoms with E-state index in [0.717, 1.165) is 46.2 Å². The largest absolute Gasteiger partial charge is 0.369 e. The van der Waals surface area contributed by atoms with E-state index < -0.39 is 0 Å². The van der Waals surface area contributed by atoms with E-state index >= 15 is 0 Å². The number of nitrogens with one attached hydrogen (secondary N) is 1. The maximum Gasteiger partial charge on any atom is 0.163 e. The van der Waals surface area contributed by atoms with Crippen LogP contribution in [0, 0.1) is 0 Å². The molecule has 2 aromatic heterocycles. The van der Waals surface area contributed by atoms with Crippen molar-refractivity contribution in [2.45, 2.75) is 25.8 Å². The van der Waals surface area contributed by atoms with Crippen LogP contribution in [0.1, 0.15) is 20.3 Å². The average Bonchev–Trinajstić information content (AvgIpc) is 2.66. The lowest BCUT2D eigenvalue weighted by Crippen LogP contribution is -2.34. The lowest BCUT2D eigenvalue weighted by atomic mass is 10.0. The predicted octanol–water partition coefficient (Wildman–Crippen LogP) is 5.23. The first-order valence-electron chi connectivity index (χ1n) is 9.14. The van der Waals surface area contributed by atoms with Crippen LogP contribution in [0.4, 0.5) is 5.82 Å². The summed E-state index contributed by atoms with van der Waals surface area (Å²) in [6.45, 7) is 4.80. The molecular formula is C22H25Cl2N5. The first-order valence-corrected chi connectivity index (χ1v) is 9.14. The number of nitrogens with zero attached hydrogens (tertiary/aromatic N) is 3. The van der Waals surface area contributed by atoms with Crippen molar-refractivity contribution in [1.82, 2.24) is 15.0 Å². The normalized spacial score (nSPS) is 11.0. The molecule has 29 heavy (non-hydrogen) atoms. The van der Waals surface area contributed by atoms with Crippen LogP contribution >= 0.6 is 24.8 Å². The number of fused-ring (bicyclic) bond motifs is 2. The van der Waals surface area contributed by atoms with Gasteiger partial charge in [-0.15, -0.1) is 24.8 Å². The van der Waals surface area contributed by atoms with Crippen molar-refractivity contribution >= 4 is 52.4 Å². The van der Waals surface area contributed by atoms with Gasteiger partial charge in [-0.2, -0.15) is 0 Å². The minimum Gasteiger partial charge on any atom is -0.369 e. The monoisotopic (exact) mass is 429 g/mol. The molecule has 0 bridgehead atoms. The maximum atomic E-state index is 6.11. The van der Waals surface area contributed by atoms with Gasteiger partial charge < -0.3 is 11.1 Å². The van der Waals surface area contributed by atoms with Crippen molar-refractivity contribution in [1.29, 1.82) is 0 Å². The van der Waals surface area contributed by atoms with Crippen LogP contribution in [0.5, 0.6) is 0 Å². The van der Waals surface area contributed by atoms with E-state index in [1.807, 2.05) is 62.5 Å². The molecule has 3 N–H and O–H groups in total. The summed E-state index contributed by atoms with van der Waals surface area (Å²) < 4.78 is 0. The minimum absolute atomic E-state index is 0. The van der Waals surface area contributed by atoms with Crippen LogP contribution in [0.15, 0.2) is 60.8 Å². The Kier molecular flexibility index (Phi) is 7.36. The number of nitrogens with two attached hydrogens (primary N) is 1. The Morgan fingerprint density at radius 2 is 1.62 bits per heavy atom. The predicted molar refractivity (Wildman–Crippen MR) is 126 cm³/mol. The first-order chi connectivity index (χ1) is 13.0. The fourth-order valence-electron chi connectivity index (χ4n) is 3.04. The van der Waals surface area contributed by atoms with Gasteiger partial charge >= 0.3 is 0 Å². The molecule has 0 spiro atoms. The molecule has 0 saturated carbocycles. The van der Waals surface area contributed by atoms with E-state index in [1.165, 1.54) is 0 Å². The number of anilines is 1. The highest BCUT2D eigenvalue weighted by molar-refractivity contribution is 5.91. The number of rotatable bonds is 5. The number of pyridine rings is 1. The Labute approximate surface area is 183 Å². The fraction of sp³-hybridized carbons (Fsp3) is 0.227. The highest BCUT2D eigenvalue weighted by atomic mass is 35.5. The van der Waals surface area contributed by atoms with Gasteiger partial charge in [0.2, 0.25) is 0 Å². The summed E-state index contributed by atoms with van der Waals surface area (Å²) in [7, 11) is 0. The van der Waals surface area contributed by atoms with Crippen LogP contribution < -0.4 is 11.1 Å². The quantitative estimate of drug-likeness (QED) is 0.454. The van der Waals surface area contributed by atoms with E-state index in [1.54, 1.807) is 0 Å². The van der Waals surface area contributed by atoms with Gasteiger partial charge in [-0.3, -0.25) is 4.98 Å². The molecular weight excluding hydrogens is 405 g/mol. The van der Waals surface area contributed by atoms with Crippen LogP contribution in [-0.4, -0.2) is 27.0 Å². The Morgan fingerprint density at radius 3 is 2.38 bits per heavy atom. The van der Waals surface area contributed by atoms with Crippen molar-refractivity contribution in [3.05, 3.63) is 60.8 Å². The van der Waals surface area contributed by atoms with Crippen molar-refractivity contribution in [3.8, 4) is 11.4 Å². The second-order valence-electron chi connectivity index (χ2n) is 7.50. The summed E-state index contributed by atoms with van der Waals surface area (Å²) in [6, 6.07) is 18.2. The van der Waals surface area contributed by atoms with Crippen LogP contribution in [0.3, 0.4) is 0 Å². The van der Waals surface area contributed by atoms with Crippen LogP contribution in [0.2, 0.25) is 0 Å². The van der Waals surface area contributed by atoms with Gasteiger partial charge in [0.05, 0.1) is 11.0 Å². The molecule has 0 aliphatic rings. The van der Waals surface area contributed by atoms with Crippen molar-refractivity contribution in [2.24, 2.45) is 5.73 Å². The van der Waals surface area contributed by atoms with E-state index in [0.29, 0.717) is 5.82 Å². The van der Waals surface area contributed by atoms with Gasteiger partial charge in [-0.05, 0) is 44.5 Å². The van der Waals surface area contributed by atoms with Crippen LogP contribution in [0.25, 0.3) is 33.2 Å². The molecule has 0 fully saturated rings. The molecule has 152 valence electrons. The Hall–Kier alpha value is -2.47. The Balaban J connectivity index is 0.00000150. The van der Waals surface area contributed by atoms with Crippen LogP contribution in [-0.2, 0) is 0 Å². The number of para-hydroxylation sites is 2. The molecule has 7 heteroatoms. The lowest BCUT2D eigenvalue weighted by Gasteiger charge is -2.19. The Morgan fingerprint density at radius 1 is 0.931 bits per heavy atom. The molecule has 2 aromatic carbocycles. The summed E-state index contributed by atoms with van der Waals surface area (Å²) in [6.07, 6.45) is 2.68. The second kappa shape index (κ2) is 9.35. The Bertz CT molecular complexity index is 1110. The maximum absolute atomic E-state index is 6.11. The summed E-state index contributed by atoms with van der Waals surface area (Å²) in [5, 5.41) is 5.52. The summed E-state index contributed by atoms with van der Waals surface area (Å²) in [5.41, 5.74) is 8.66. The van der Waals surface area contributed by atoms with Crippen molar-refractivity contribution in [2.75, 3.05) is 11.9 Å². The molecule has 0 radical (unpaired) electrons. The van der Waals surface area contributed by atoms with Gasteiger partial charge in [0, 0.05) is 34.6 Å². The van der Waals surface area contributed by atoms with E-state index in [2.05, 4.69) is 22.4 Å². The molecule has 0 aliphatic heterocycles. The van der Waals surface area contributed by atoms with Gasteiger partial charge in [0.1, 0.15) is 5.82 Å². The van der Waals surface area contributed by atoms with Gasteiger partial charge in [-0.1, -0.05) is 30.3 Å².